The molecule has 0 saturated carbocycles. The van der Waals surface area contributed by atoms with Crippen LogP contribution in [0.4, 0.5) is 5.69 Å². The topological polar surface area (TPSA) is 55.1 Å². The molecule has 0 atom stereocenters. The predicted molar refractivity (Wildman–Crippen MR) is 79.2 cm³/mol. The van der Waals surface area contributed by atoms with Gasteiger partial charge in [-0.2, -0.15) is 0 Å². The van der Waals surface area contributed by atoms with Gasteiger partial charge in [0.25, 0.3) is 5.91 Å². The highest BCUT2D eigenvalue weighted by Gasteiger charge is 2.18. The molecular weight excluding hydrogens is 296 g/mol. The highest BCUT2D eigenvalue weighted by Crippen LogP contribution is 2.28. The second-order valence-electron chi connectivity index (χ2n) is 3.97. The number of aromatic nitrogens is 1. The molecule has 20 heavy (non-hydrogen) atoms. The molecule has 1 amide bonds. The molecule has 0 bridgehead atoms. The van der Waals surface area contributed by atoms with Crippen LogP contribution in [0, 0.1) is 0 Å². The summed E-state index contributed by atoms with van der Waals surface area (Å²) in [6, 6.07) is 10.6. The summed E-state index contributed by atoms with van der Waals surface area (Å²) in [4.78, 5) is 17.1. The van der Waals surface area contributed by atoms with E-state index in [9.17, 15) is 4.79 Å². The number of nitrogens with one attached hydrogen (secondary N) is 1. The number of carbonyl (C=O) groups excluding carboxylic acids is 1. The van der Waals surface area contributed by atoms with E-state index >= 15 is 0 Å². The van der Waals surface area contributed by atoms with Crippen molar-refractivity contribution < 1.29 is 9.21 Å². The molecule has 2 aromatic heterocycles. The highest BCUT2D eigenvalue weighted by molar-refractivity contribution is 7.13. The number of oxazole rings is 1. The minimum absolute atomic E-state index is 0.266. The van der Waals surface area contributed by atoms with Gasteiger partial charge in [0.1, 0.15) is 0 Å². The van der Waals surface area contributed by atoms with Crippen molar-refractivity contribution in [2.45, 2.75) is 0 Å². The maximum atomic E-state index is 12.2. The van der Waals surface area contributed by atoms with Crippen LogP contribution >= 0.6 is 22.9 Å². The van der Waals surface area contributed by atoms with E-state index in [0.717, 1.165) is 4.88 Å². The van der Waals surface area contributed by atoms with Gasteiger partial charge >= 0.3 is 0 Å². The molecule has 4 nitrogen and oxygen atoms in total. The van der Waals surface area contributed by atoms with Gasteiger partial charge in [-0.05, 0) is 35.7 Å². The van der Waals surface area contributed by atoms with Gasteiger partial charge in [0, 0.05) is 10.7 Å². The summed E-state index contributed by atoms with van der Waals surface area (Å²) in [6.07, 6.45) is 1.27. The molecule has 100 valence electrons. The van der Waals surface area contributed by atoms with Crippen molar-refractivity contribution in [2.75, 3.05) is 5.32 Å². The Morgan fingerprint density at radius 3 is 2.75 bits per heavy atom. The largest absolute Gasteiger partial charge is 0.442 e. The Labute approximate surface area is 124 Å². The van der Waals surface area contributed by atoms with E-state index in [2.05, 4.69) is 10.3 Å². The molecule has 0 fully saturated rings. The zero-order valence-electron chi connectivity index (χ0n) is 10.2. The molecule has 0 radical (unpaired) electrons. The van der Waals surface area contributed by atoms with Gasteiger partial charge in [-0.15, -0.1) is 11.3 Å². The molecule has 0 spiro atoms. The van der Waals surface area contributed by atoms with E-state index in [4.69, 9.17) is 16.0 Å². The third kappa shape index (κ3) is 2.59. The van der Waals surface area contributed by atoms with Crippen LogP contribution in [-0.2, 0) is 0 Å². The lowest BCUT2D eigenvalue weighted by atomic mass is 10.2. The Morgan fingerprint density at radius 1 is 1.25 bits per heavy atom. The summed E-state index contributed by atoms with van der Waals surface area (Å²) >= 11 is 7.29. The summed E-state index contributed by atoms with van der Waals surface area (Å²) < 4.78 is 5.30. The zero-order valence-corrected chi connectivity index (χ0v) is 11.7. The number of halogens is 1. The van der Waals surface area contributed by atoms with Crippen LogP contribution in [0.25, 0.3) is 10.6 Å². The maximum Gasteiger partial charge on any atom is 0.278 e. The molecule has 0 aliphatic rings. The minimum Gasteiger partial charge on any atom is -0.442 e. The lowest BCUT2D eigenvalue weighted by Crippen LogP contribution is -2.13. The zero-order chi connectivity index (χ0) is 13.9. The quantitative estimate of drug-likeness (QED) is 0.784. The molecule has 0 aliphatic carbocycles. The number of thiophene rings is 1. The summed E-state index contributed by atoms with van der Waals surface area (Å²) in [5.74, 6) is 0.163. The number of benzene rings is 1. The number of anilines is 1. The predicted octanol–water partition coefficient (Wildman–Crippen LogP) is 4.31. The van der Waals surface area contributed by atoms with Gasteiger partial charge in [-0.3, -0.25) is 4.79 Å². The second-order valence-corrected chi connectivity index (χ2v) is 5.35. The smallest absolute Gasteiger partial charge is 0.278 e. The Morgan fingerprint density at radius 2 is 2.05 bits per heavy atom. The highest BCUT2D eigenvalue weighted by atomic mass is 35.5. The van der Waals surface area contributed by atoms with Gasteiger partial charge in [0.2, 0.25) is 0 Å². The average Bonchev–Trinajstić information content (AvgIpc) is 3.11. The number of hydrogen-bond donors (Lipinski definition) is 1. The Bertz CT molecular complexity index is 720. The van der Waals surface area contributed by atoms with Crippen LogP contribution in [-0.4, -0.2) is 10.9 Å². The number of hydrogen-bond acceptors (Lipinski definition) is 4. The van der Waals surface area contributed by atoms with Gasteiger partial charge in [-0.1, -0.05) is 17.7 Å². The SMILES string of the molecule is O=C(Nc1ccc(Cl)cc1)c1ncoc1-c1cccs1. The molecule has 6 heteroatoms. The van der Waals surface area contributed by atoms with Crippen LogP contribution in [0.3, 0.4) is 0 Å². The molecular formula is C14H9ClN2O2S. The van der Waals surface area contributed by atoms with E-state index in [1.165, 1.54) is 17.7 Å². The van der Waals surface area contributed by atoms with Crippen LogP contribution in [0.2, 0.25) is 5.02 Å². The van der Waals surface area contributed by atoms with Crippen molar-refractivity contribution in [3.63, 3.8) is 0 Å². The molecule has 1 aromatic carbocycles. The van der Waals surface area contributed by atoms with Crippen LogP contribution < -0.4 is 5.32 Å². The van der Waals surface area contributed by atoms with Crippen molar-refractivity contribution in [1.82, 2.24) is 4.98 Å². The standard InChI is InChI=1S/C14H9ClN2O2S/c15-9-3-5-10(6-4-9)17-14(18)12-13(19-8-16-12)11-2-1-7-20-11/h1-8H,(H,17,18). The van der Waals surface area contributed by atoms with Crippen LogP contribution in [0.5, 0.6) is 0 Å². The molecule has 0 aliphatic heterocycles. The van der Waals surface area contributed by atoms with Gasteiger partial charge in [-0.25, -0.2) is 4.98 Å². The van der Waals surface area contributed by atoms with Crippen molar-refractivity contribution in [2.24, 2.45) is 0 Å². The summed E-state index contributed by atoms with van der Waals surface area (Å²) in [5, 5.41) is 5.29. The fourth-order valence-electron chi connectivity index (χ4n) is 1.71. The minimum atomic E-state index is -0.315. The summed E-state index contributed by atoms with van der Waals surface area (Å²) in [5.41, 5.74) is 0.918. The van der Waals surface area contributed by atoms with E-state index in [-0.39, 0.29) is 11.6 Å². The maximum absolute atomic E-state index is 12.2. The number of rotatable bonds is 3. The first-order valence-corrected chi connectivity index (χ1v) is 7.04. The lowest BCUT2D eigenvalue weighted by Gasteiger charge is -2.03. The molecule has 3 aromatic rings. The number of carbonyl (C=O) groups is 1. The fraction of sp³-hybridized carbons (Fsp3) is 0. The van der Waals surface area contributed by atoms with E-state index in [1.807, 2.05) is 17.5 Å². The van der Waals surface area contributed by atoms with Crippen LogP contribution in [0.15, 0.2) is 52.6 Å². The van der Waals surface area contributed by atoms with Gasteiger partial charge < -0.3 is 9.73 Å². The molecule has 0 unspecified atom stereocenters. The molecule has 0 saturated heterocycles. The summed E-state index contributed by atoms with van der Waals surface area (Å²) in [6.45, 7) is 0. The van der Waals surface area contributed by atoms with Crippen molar-refractivity contribution in [3.8, 4) is 10.6 Å². The third-order valence-electron chi connectivity index (χ3n) is 2.63. The van der Waals surface area contributed by atoms with Crippen molar-refractivity contribution in [1.29, 1.82) is 0 Å². The van der Waals surface area contributed by atoms with Crippen molar-refractivity contribution >= 4 is 34.5 Å². The Kier molecular flexibility index (Phi) is 3.54. The normalized spacial score (nSPS) is 10.4. The Hall–Kier alpha value is -2.11. The number of amides is 1. The second kappa shape index (κ2) is 5.48. The van der Waals surface area contributed by atoms with Gasteiger partial charge in [0.05, 0.1) is 4.88 Å². The van der Waals surface area contributed by atoms with E-state index in [0.29, 0.717) is 16.5 Å². The molecule has 3 rings (SSSR count). The lowest BCUT2D eigenvalue weighted by molar-refractivity contribution is 0.102. The Balaban J connectivity index is 1.85. The van der Waals surface area contributed by atoms with E-state index in [1.54, 1.807) is 24.3 Å². The monoisotopic (exact) mass is 304 g/mol. The summed E-state index contributed by atoms with van der Waals surface area (Å²) in [7, 11) is 0. The first-order valence-electron chi connectivity index (χ1n) is 5.78. The molecule has 2 heterocycles. The third-order valence-corrected chi connectivity index (χ3v) is 3.75. The fourth-order valence-corrected chi connectivity index (χ4v) is 2.55. The van der Waals surface area contributed by atoms with Crippen LogP contribution in [0.1, 0.15) is 10.5 Å². The molecule has 1 N–H and O–H groups in total. The van der Waals surface area contributed by atoms with Gasteiger partial charge in [0.15, 0.2) is 17.8 Å². The average molecular weight is 305 g/mol. The van der Waals surface area contributed by atoms with Crippen molar-refractivity contribution in [3.05, 3.63) is 58.9 Å². The first-order chi connectivity index (χ1) is 9.74. The first kappa shape index (κ1) is 12.9. The van der Waals surface area contributed by atoms with E-state index < -0.39 is 0 Å². The number of nitrogens with zero attached hydrogens (tertiary/aromatic N) is 1.